The van der Waals surface area contributed by atoms with Crippen molar-refractivity contribution in [1.29, 1.82) is 0 Å². The van der Waals surface area contributed by atoms with Gasteiger partial charge in [0.2, 0.25) is 6.54 Å². The van der Waals surface area contributed by atoms with Crippen LogP contribution >= 0.6 is 11.8 Å². The summed E-state index contributed by atoms with van der Waals surface area (Å²) in [6, 6.07) is 21.8. The summed E-state index contributed by atoms with van der Waals surface area (Å²) in [5, 5.41) is 20.3. The van der Waals surface area contributed by atoms with Gasteiger partial charge in [0.05, 0.1) is 0 Å². The highest BCUT2D eigenvalue weighted by atomic mass is 32.2. The topological polar surface area (TPSA) is 83.1 Å². The van der Waals surface area contributed by atoms with Crippen molar-refractivity contribution in [3.63, 3.8) is 0 Å². The average Bonchev–Trinajstić information content (AvgIpc) is 3.20. The molecule has 0 bridgehead atoms. The predicted molar refractivity (Wildman–Crippen MR) is 138 cm³/mol. The SMILES string of the molecule is Cc1ccc(COc2ccc([C@@H](C[N+](=O)[O-])Sc3nnc(C)n3-c3ccc(C)c(C)c3)cc2)cc1. The summed E-state index contributed by atoms with van der Waals surface area (Å²) in [6.07, 6.45) is 0. The smallest absolute Gasteiger partial charge is 0.220 e. The Morgan fingerprint density at radius 1 is 0.943 bits per heavy atom. The van der Waals surface area contributed by atoms with Crippen LogP contribution in [0.1, 0.15) is 38.9 Å². The van der Waals surface area contributed by atoms with Crippen molar-refractivity contribution >= 4 is 11.8 Å². The first-order valence-electron chi connectivity index (χ1n) is 11.4. The Hall–Kier alpha value is -3.65. The molecule has 0 amide bonds. The molecule has 0 saturated heterocycles. The number of nitrogens with zero attached hydrogens (tertiary/aromatic N) is 4. The van der Waals surface area contributed by atoms with Gasteiger partial charge in [-0.1, -0.05) is 59.8 Å². The molecule has 0 aliphatic carbocycles. The molecule has 8 heteroatoms. The Labute approximate surface area is 209 Å². The molecular weight excluding hydrogens is 460 g/mol. The minimum absolute atomic E-state index is 0.229. The zero-order valence-corrected chi connectivity index (χ0v) is 21.1. The molecule has 3 aromatic carbocycles. The van der Waals surface area contributed by atoms with Crippen LogP contribution in [0.3, 0.4) is 0 Å². The molecule has 0 N–H and O–H groups in total. The van der Waals surface area contributed by atoms with Crippen molar-refractivity contribution in [2.24, 2.45) is 0 Å². The number of rotatable bonds is 9. The Balaban J connectivity index is 1.54. The number of aryl methyl sites for hydroxylation is 4. The highest BCUT2D eigenvalue weighted by molar-refractivity contribution is 7.99. The van der Waals surface area contributed by atoms with Gasteiger partial charge in [-0.05, 0) is 74.2 Å². The lowest BCUT2D eigenvalue weighted by Crippen LogP contribution is -2.11. The summed E-state index contributed by atoms with van der Waals surface area (Å²) in [7, 11) is 0. The van der Waals surface area contributed by atoms with E-state index in [9.17, 15) is 10.1 Å². The molecule has 4 aromatic rings. The van der Waals surface area contributed by atoms with E-state index in [2.05, 4.69) is 48.3 Å². The zero-order valence-electron chi connectivity index (χ0n) is 20.3. The minimum atomic E-state index is -0.426. The van der Waals surface area contributed by atoms with E-state index in [-0.39, 0.29) is 11.5 Å². The standard InChI is InChI=1S/C27H28N4O3S/c1-18-5-8-22(9-6-18)17-34-25-13-10-23(11-14-25)26(16-30(32)33)35-27-29-28-21(4)31(27)24-12-7-19(2)20(3)15-24/h5-15,26H,16-17H2,1-4H3/t26-/m1/s1. The van der Waals surface area contributed by atoms with Crippen molar-refractivity contribution in [3.8, 4) is 11.4 Å². The number of hydrogen-bond acceptors (Lipinski definition) is 6. The number of hydrogen-bond donors (Lipinski definition) is 0. The normalized spacial score (nSPS) is 11.9. The van der Waals surface area contributed by atoms with Crippen LogP contribution in [0.25, 0.3) is 5.69 Å². The van der Waals surface area contributed by atoms with Gasteiger partial charge in [0.1, 0.15) is 23.4 Å². The number of aromatic nitrogens is 3. The maximum absolute atomic E-state index is 11.5. The van der Waals surface area contributed by atoms with Crippen molar-refractivity contribution in [2.75, 3.05) is 6.54 Å². The van der Waals surface area contributed by atoms with Crippen LogP contribution in [0.5, 0.6) is 5.75 Å². The van der Waals surface area contributed by atoms with Crippen molar-refractivity contribution in [1.82, 2.24) is 14.8 Å². The highest BCUT2D eigenvalue weighted by Gasteiger charge is 2.24. The first-order valence-corrected chi connectivity index (χ1v) is 12.2. The Bertz CT molecular complexity index is 1320. The second kappa shape index (κ2) is 10.7. The molecule has 0 saturated carbocycles. The van der Waals surface area contributed by atoms with Crippen LogP contribution < -0.4 is 4.74 Å². The van der Waals surface area contributed by atoms with E-state index < -0.39 is 5.25 Å². The maximum atomic E-state index is 11.5. The Morgan fingerprint density at radius 2 is 1.66 bits per heavy atom. The molecule has 4 rings (SSSR count). The fourth-order valence-electron chi connectivity index (χ4n) is 3.68. The monoisotopic (exact) mass is 488 g/mol. The number of benzene rings is 3. The van der Waals surface area contributed by atoms with Crippen molar-refractivity contribution in [2.45, 2.75) is 44.7 Å². The quantitative estimate of drug-likeness (QED) is 0.159. The van der Waals surface area contributed by atoms with Gasteiger partial charge in [0.15, 0.2) is 5.16 Å². The minimum Gasteiger partial charge on any atom is -0.489 e. The van der Waals surface area contributed by atoms with E-state index in [1.165, 1.54) is 22.9 Å². The van der Waals surface area contributed by atoms with Gasteiger partial charge in [0.25, 0.3) is 0 Å². The first-order chi connectivity index (χ1) is 16.8. The van der Waals surface area contributed by atoms with Crippen molar-refractivity contribution < 1.29 is 9.66 Å². The molecule has 0 aliphatic heterocycles. The summed E-state index contributed by atoms with van der Waals surface area (Å²) in [6.45, 7) is 8.29. The molecular formula is C27H28N4O3S. The fourth-order valence-corrected chi connectivity index (χ4v) is 4.86. The summed E-state index contributed by atoms with van der Waals surface area (Å²) in [5.41, 5.74) is 6.43. The summed E-state index contributed by atoms with van der Waals surface area (Å²) >= 11 is 1.35. The van der Waals surface area contributed by atoms with Crippen LogP contribution in [-0.2, 0) is 6.61 Å². The second-order valence-corrected chi connectivity index (χ2v) is 9.77. The Morgan fingerprint density at radius 3 is 2.31 bits per heavy atom. The molecule has 0 aliphatic rings. The lowest BCUT2D eigenvalue weighted by atomic mass is 10.1. The molecule has 180 valence electrons. The molecule has 1 aromatic heterocycles. The molecule has 0 spiro atoms. The number of thioether (sulfide) groups is 1. The largest absolute Gasteiger partial charge is 0.489 e. The molecule has 1 heterocycles. The molecule has 1 atom stereocenters. The third-order valence-electron chi connectivity index (χ3n) is 5.88. The Kier molecular flexibility index (Phi) is 7.51. The van der Waals surface area contributed by atoms with Gasteiger partial charge in [-0.15, -0.1) is 10.2 Å². The maximum Gasteiger partial charge on any atom is 0.220 e. The van der Waals surface area contributed by atoms with Crippen LogP contribution in [0.2, 0.25) is 0 Å². The summed E-state index contributed by atoms with van der Waals surface area (Å²) in [4.78, 5) is 11.2. The third-order valence-corrected chi connectivity index (χ3v) is 7.07. The molecule has 35 heavy (non-hydrogen) atoms. The van der Waals surface area contributed by atoms with Gasteiger partial charge in [-0.3, -0.25) is 14.7 Å². The highest BCUT2D eigenvalue weighted by Crippen LogP contribution is 2.36. The fraction of sp³-hybridized carbons (Fsp3) is 0.259. The van der Waals surface area contributed by atoms with E-state index in [4.69, 9.17) is 4.74 Å². The lowest BCUT2D eigenvalue weighted by Gasteiger charge is -2.15. The molecule has 7 nitrogen and oxygen atoms in total. The third kappa shape index (κ3) is 6.08. The first kappa shape index (κ1) is 24.5. The molecule has 0 radical (unpaired) electrons. The van der Waals surface area contributed by atoms with Gasteiger partial charge in [-0.25, -0.2) is 0 Å². The van der Waals surface area contributed by atoms with E-state index >= 15 is 0 Å². The summed E-state index contributed by atoms with van der Waals surface area (Å²) < 4.78 is 7.85. The zero-order chi connectivity index (χ0) is 24.9. The predicted octanol–water partition coefficient (Wildman–Crippen LogP) is 6.19. The summed E-state index contributed by atoms with van der Waals surface area (Å²) in [5.74, 6) is 1.45. The number of nitro groups is 1. The van der Waals surface area contributed by atoms with Gasteiger partial charge in [-0.2, -0.15) is 0 Å². The van der Waals surface area contributed by atoms with Gasteiger partial charge in [0, 0.05) is 10.6 Å². The van der Waals surface area contributed by atoms with Crippen LogP contribution in [-0.4, -0.2) is 26.2 Å². The van der Waals surface area contributed by atoms with Crippen LogP contribution in [0, 0.1) is 37.8 Å². The second-order valence-electron chi connectivity index (χ2n) is 8.60. The van der Waals surface area contributed by atoms with E-state index in [0.717, 1.165) is 28.2 Å². The van der Waals surface area contributed by atoms with E-state index in [0.29, 0.717) is 17.5 Å². The number of ether oxygens (including phenoxy) is 1. The molecule has 0 fully saturated rings. The van der Waals surface area contributed by atoms with Gasteiger partial charge < -0.3 is 4.74 Å². The van der Waals surface area contributed by atoms with Crippen molar-refractivity contribution in [3.05, 3.63) is 110 Å². The van der Waals surface area contributed by atoms with Crippen LogP contribution in [0.4, 0.5) is 0 Å². The average molecular weight is 489 g/mol. The van der Waals surface area contributed by atoms with Crippen LogP contribution in [0.15, 0.2) is 71.9 Å². The van der Waals surface area contributed by atoms with E-state index in [1.54, 1.807) is 0 Å². The van der Waals surface area contributed by atoms with Gasteiger partial charge >= 0.3 is 0 Å². The van der Waals surface area contributed by atoms with E-state index in [1.807, 2.05) is 60.9 Å². The lowest BCUT2D eigenvalue weighted by molar-refractivity contribution is -0.479. The molecule has 0 unspecified atom stereocenters.